The third-order valence-corrected chi connectivity index (χ3v) is 2.70. The predicted octanol–water partition coefficient (Wildman–Crippen LogP) is 3.79. The van der Waals surface area contributed by atoms with Gasteiger partial charge in [-0.05, 0) is 44.6 Å². The summed E-state index contributed by atoms with van der Waals surface area (Å²) in [7, 11) is 2.10. The number of hydrogen-bond donors (Lipinski definition) is 0. The summed E-state index contributed by atoms with van der Waals surface area (Å²) in [6.45, 7) is 3.95. The van der Waals surface area contributed by atoms with Crippen molar-refractivity contribution in [2.24, 2.45) is 0 Å². The van der Waals surface area contributed by atoms with Crippen molar-refractivity contribution in [2.45, 2.75) is 25.3 Å². The molecule has 0 N–H and O–H groups in total. The van der Waals surface area contributed by atoms with Crippen LogP contribution in [-0.4, -0.2) is 23.9 Å². The molecule has 0 fully saturated rings. The number of alkyl halides is 1. The largest absolute Gasteiger partial charge is 0.302 e. The third kappa shape index (κ3) is 5.41. The molecule has 1 unspecified atom stereocenters. The number of nitrogens with zero attached hydrogens (tertiary/aromatic N) is 1. The molecule has 0 aliphatic heterocycles. The molecule has 1 aromatic rings. The van der Waals surface area contributed by atoms with Gasteiger partial charge < -0.3 is 4.90 Å². The fourth-order valence-electron chi connectivity index (χ4n) is 1.42. The Morgan fingerprint density at radius 1 is 1.40 bits per heavy atom. The Morgan fingerprint density at radius 3 is 2.73 bits per heavy atom. The molecule has 3 heteroatoms. The molecule has 1 aromatic carbocycles. The molecule has 0 saturated heterocycles. The van der Waals surface area contributed by atoms with Gasteiger partial charge in [0.05, 0.1) is 0 Å². The third-order valence-electron chi connectivity index (χ3n) is 2.25. The molecule has 0 amide bonds. The number of hydrogen-bond acceptors (Lipinski definition) is 1. The lowest BCUT2D eigenvalue weighted by molar-refractivity contribution is 0.322. The van der Waals surface area contributed by atoms with Gasteiger partial charge in [-0.1, -0.05) is 23.7 Å². The molecule has 0 bridgehead atoms. The first-order chi connectivity index (χ1) is 7.08. The van der Waals surface area contributed by atoms with Crippen molar-refractivity contribution in [2.75, 3.05) is 13.6 Å². The van der Waals surface area contributed by atoms with Crippen molar-refractivity contribution < 1.29 is 0 Å². The summed E-state index contributed by atoms with van der Waals surface area (Å²) >= 11 is 11.8. The monoisotopic (exact) mass is 245 g/mol. The maximum absolute atomic E-state index is 5.92. The van der Waals surface area contributed by atoms with Gasteiger partial charge in [0.2, 0.25) is 0 Å². The summed E-state index contributed by atoms with van der Waals surface area (Å²) in [6.07, 6.45) is 1.01. The van der Waals surface area contributed by atoms with E-state index in [-0.39, 0.29) is 5.38 Å². The highest BCUT2D eigenvalue weighted by molar-refractivity contribution is 6.30. The second-order valence-corrected chi connectivity index (χ2v) is 5.12. The van der Waals surface area contributed by atoms with E-state index in [1.807, 2.05) is 25.1 Å². The van der Waals surface area contributed by atoms with E-state index in [1.165, 1.54) is 5.56 Å². The van der Waals surface area contributed by atoms with E-state index in [0.717, 1.165) is 24.5 Å². The van der Waals surface area contributed by atoms with Crippen LogP contribution >= 0.6 is 23.2 Å². The predicted molar refractivity (Wildman–Crippen MR) is 67.7 cm³/mol. The zero-order chi connectivity index (χ0) is 11.3. The van der Waals surface area contributed by atoms with Gasteiger partial charge in [-0.3, -0.25) is 0 Å². The average molecular weight is 246 g/mol. The Morgan fingerprint density at radius 2 is 2.13 bits per heavy atom. The van der Waals surface area contributed by atoms with E-state index in [9.17, 15) is 0 Å². The summed E-state index contributed by atoms with van der Waals surface area (Å²) in [5.41, 5.74) is 1.24. The molecule has 0 aromatic heterocycles. The Balaban J connectivity index is 2.40. The Labute approximate surface area is 102 Å². The lowest BCUT2D eigenvalue weighted by atomic mass is 10.2. The molecule has 0 radical (unpaired) electrons. The minimum atomic E-state index is 0.242. The van der Waals surface area contributed by atoms with Crippen LogP contribution in [0.15, 0.2) is 24.3 Å². The fraction of sp³-hybridized carbons (Fsp3) is 0.500. The van der Waals surface area contributed by atoms with Crippen LogP contribution in [0.4, 0.5) is 0 Å². The van der Waals surface area contributed by atoms with Gasteiger partial charge in [0.25, 0.3) is 0 Å². The summed E-state index contributed by atoms with van der Waals surface area (Å²) < 4.78 is 0. The Kier molecular flexibility index (Phi) is 5.44. The first-order valence-electron chi connectivity index (χ1n) is 5.15. The lowest BCUT2D eigenvalue weighted by Crippen LogP contribution is -2.20. The highest BCUT2D eigenvalue weighted by Crippen LogP contribution is 2.12. The van der Waals surface area contributed by atoms with Gasteiger partial charge in [-0.25, -0.2) is 0 Å². The summed E-state index contributed by atoms with van der Waals surface area (Å²) in [4.78, 5) is 2.25. The number of halogens is 2. The maximum Gasteiger partial charge on any atom is 0.0409 e. The molecule has 15 heavy (non-hydrogen) atoms. The van der Waals surface area contributed by atoms with Crippen molar-refractivity contribution in [1.82, 2.24) is 4.90 Å². The second-order valence-electron chi connectivity index (χ2n) is 3.94. The topological polar surface area (TPSA) is 3.24 Å². The molecule has 0 aliphatic carbocycles. The highest BCUT2D eigenvalue weighted by atomic mass is 35.5. The van der Waals surface area contributed by atoms with Crippen LogP contribution in [0, 0.1) is 0 Å². The van der Waals surface area contributed by atoms with E-state index >= 15 is 0 Å². The molecule has 0 saturated carbocycles. The first kappa shape index (κ1) is 12.8. The van der Waals surface area contributed by atoms with Crippen molar-refractivity contribution in [3.63, 3.8) is 0 Å². The zero-order valence-electron chi connectivity index (χ0n) is 9.21. The van der Waals surface area contributed by atoms with Gasteiger partial charge in [0.1, 0.15) is 0 Å². The van der Waals surface area contributed by atoms with Crippen LogP contribution in [-0.2, 0) is 6.54 Å². The SMILES string of the molecule is CC(Cl)CCN(C)Cc1cccc(Cl)c1. The van der Waals surface area contributed by atoms with Crippen molar-refractivity contribution >= 4 is 23.2 Å². The molecule has 0 aliphatic rings. The minimum absolute atomic E-state index is 0.242. The maximum atomic E-state index is 5.92. The zero-order valence-corrected chi connectivity index (χ0v) is 10.7. The molecule has 1 rings (SSSR count). The van der Waals surface area contributed by atoms with E-state index in [2.05, 4.69) is 18.0 Å². The fourth-order valence-corrected chi connectivity index (χ4v) is 1.73. The van der Waals surface area contributed by atoms with Crippen molar-refractivity contribution in [3.8, 4) is 0 Å². The second kappa shape index (κ2) is 6.37. The molecule has 1 nitrogen and oxygen atoms in total. The number of benzene rings is 1. The quantitative estimate of drug-likeness (QED) is 0.714. The van der Waals surface area contributed by atoms with Crippen molar-refractivity contribution in [1.29, 1.82) is 0 Å². The molecular weight excluding hydrogens is 229 g/mol. The molecule has 0 spiro atoms. The van der Waals surface area contributed by atoms with Gasteiger partial charge in [0.15, 0.2) is 0 Å². The lowest BCUT2D eigenvalue weighted by Gasteiger charge is -2.17. The normalized spacial score (nSPS) is 13.1. The van der Waals surface area contributed by atoms with Gasteiger partial charge in [-0.15, -0.1) is 11.6 Å². The summed E-state index contributed by atoms with van der Waals surface area (Å²) in [5.74, 6) is 0. The Hall–Kier alpha value is -0.240. The summed E-state index contributed by atoms with van der Waals surface area (Å²) in [5, 5.41) is 1.04. The van der Waals surface area contributed by atoms with Crippen LogP contribution < -0.4 is 0 Å². The van der Waals surface area contributed by atoms with E-state index < -0.39 is 0 Å². The van der Waals surface area contributed by atoms with E-state index in [0.29, 0.717) is 0 Å². The minimum Gasteiger partial charge on any atom is -0.302 e. The van der Waals surface area contributed by atoms with Gasteiger partial charge in [0, 0.05) is 16.9 Å². The number of rotatable bonds is 5. The molecular formula is C12H17Cl2N. The first-order valence-corrected chi connectivity index (χ1v) is 5.96. The van der Waals surface area contributed by atoms with E-state index in [4.69, 9.17) is 23.2 Å². The molecule has 0 heterocycles. The Bertz CT molecular complexity index is 299. The average Bonchev–Trinajstić information content (AvgIpc) is 2.15. The van der Waals surface area contributed by atoms with Gasteiger partial charge in [-0.2, -0.15) is 0 Å². The smallest absolute Gasteiger partial charge is 0.0409 e. The van der Waals surface area contributed by atoms with Crippen LogP contribution in [0.2, 0.25) is 5.02 Å². The molecule has 1 atom stereocenters. The van der Waals surface area contributed by atoms with E-state index in [1.54, 1.807) is 0 Å². The standard InChI is InChI=1S/C12H17Cl2N/c1-10(13)6-7-15(2)9-11-4-3-5-12(14)8-11/h3-5,8,10H,6-7,9H2,1-2H3. The van der Waals surface area contributed by atoms with Crippen LogP contribution in [0.25, 0.3) is 0 Å². The highest BCUT2D eigenvalue weighted by Gasteiger charge is 2.03. The van der Waals surface area contributed by atoms with Crippen LogP contribution in [0.1, 0.15) is 18.9 Å². The molecule has 84 valence electrons. The summed E-state index contributed by atoms with van der Waals surface area (Å²) in [6, 6.07) is 7.97. The van der Waals surface area contributed by atoms with Gasteiger partial charge >= 0.3 is 0 Å². The van der Waals surface area contributed by atoms with Crippen LogP contribution in [0.5, 0.6) is 0 Å². The van der Waals surface area contributed by atoms with Crippen molar-refractivity contribution in [3.05, 3.63) is 34.9 Å². The van der Waals surface area contributed by atoms with Crippen LogP contribution in [0.3, 0.4) is 0 Å².